The zero-order chi connectivity index (χ0) is 18.6. The molecule has 0 fully saturated rings. The normalized spacial score (nSPS) is 11.3. The number of aromatic nitrogens is 1. The van der Waals surface area contributed by atoms with Crippen LogP contribution in [0.1, 0.15) is 18.9 Å². The van der Waals surface area contributed by atoms with Crippen molar-refractivity contribution in [2.75, 3.05) is 33.1 Å². The zero-order valence-electron chi connectivity index (χ0n) is 15.4. The van der Waals surface area contributed by atoms with Crippen LogP contribution in [0.4, 0.5) is 0 Å². The number of guanidine groups is 1. The van der Waals surface area contributed by atoms with E-state index in [4.69, 9.17) is 9.47 Å². The van der Waals surface area contributed by atoms with Crippen LogP contribution in [0.5, 0.6) is 11.5 Å². The molecule has 0 saturated carbocycles. The van der Waals surface area contributed by atoms with Gasteiger partial charge in [-0.15, -0.1) is 11.3 Å². The lowest BCUT2D eigenvalue weighted by Gasteiger charge is -2.12. The molecule has 0 radical (unpaired) electrons. The van der Waals surface area contributed by atoms with Gasteiger partial charge in [-0.3, -0.25) is 0 Å². The van der Waals surface area contributed by atoms with Crippen LogP contribution < -0.4 is 20.1 Å². The first-order valence-electron chi connectivity index (χ1n) is 8.52. The Kier molecular flexibility index (Phi) is 9.13. The van der Waals surface area contributed by atoms with E-state index in [2.05, 4.69) is 27.5 Å². The number of hydrogen-bond acceptors (Lipinski definition) is 6. The lowest BCUT2D eigenvalue weighted by molar-refractivity contribution is 0.354. The maximum atomic E-state index is 5.34. The van der Waals surface area contributed by atoms with Crippen LogP contribution in [-0.2, 0) is 6.54 Å². The molecule has 26 heavy (non-hydrogen) atoms. The molecule has 2 rings (SSSR count). The van der Waals surface area contributed by atoms with Gasteiger partial charge in [0.2, 0.25) is 0 Å². The summed E-state index contributed by atoms with van der Waals surface area (Å²) in [6.45, 7) is 4.33. The number of ether oxygens (including phenoxy) is 2. The fourth-order valence-corrected chi connectivity index (χ4v) is 3.86. The molecule has 6 nitrogen and oxygen atoms in total. The Labute approximate surface area is 163 Å². The predicted octanol–water partition coefficient (Wildman–Crippen LogP) is 3.40. The zero-order valence-corrected chi connectivity index (χ0v) is 17.1. The van der Waals surface area contributed by atoms with Crippen LogP contribution in [0.2, 0.25) is 0 Å². The molecule has 142 valence electrons. The van der Waals surface area contributed by atoms with Crippen molar-refractivity contribution in [2.24, 2.45) is 4.99 Å². The van der Waals surface area contributed by atoms with Gasteiger partial charge in [0.1, 0.15) is 4.34 Å². The number of hydrogen-bond donors (Lipinski definition) is 2. The average Bonchev–Trinajstić information content (AvgIpc) is 3.19. The molecular weight excluding hydrogens is 368 g/mol. The molecule has 0 spiro atoms. The lowest BCUT2D eigenvalue weighted by atomic mass is 10.2. The fourth-order valence-electron chi connectivity index (χ4n) is 2.21. The number of methoxy groups -OCH3 is 2. The van der Waals surface area contributed by atoms with Crippen molar-refractivity contribution < 1.29 is 9.47 Å². The Balaban J connectivity index is 1.81. The highest BCUT2D eigenvalue weighted by molar-refractivity contribution is 8.00. The summed E-state index contributed by atoms with van der Waals surface area (Å²) < 4.78 is 11.7. The summed E-state index contributed by atoms with van der Waals surface area (Å²) >= 11 is 3.47. The number of nitrogens with zero attached hydrogens (tertiary/aromatic N) is 2. The molecule has 2 aromatic rings. The fraction of sp³-hybridized carbons (Fsp3) is 0.444. The predicted molar refractivity (Wildman–Crippen MR) is 110 cm³/mol. The summed E-state index contributed by atoms with van der Waals surface area (Å²) in [6.07, 6.45) is 2.89. The maximum absolute atomic E-state index is 5.34. The molecule has 0 amide bonds. The Bertz CT molecular complexity index is 678. The number of nitrogens with one attached hydrogen (secondary N) is 2. The first kappa shape index (κ1) is 20.4. The topological polar surface area (TPSA) is 67.8 Å². The second kappa shape index (κ2) is 11.6. The third-order valence-corrected chi connectivity index (χ3v) is 5.51. The largest absolute Gasteiger partial charge is 0.493 e. The molecule has 1 heterocycles. The highest BCUT2D eigenvalue weighted by atomic mass is 32.2. The average molecular weight is 395 g/mol. The molecule has 0 aliphatic carbocycles. The molecule has 0 unspecified atom stereocenters. The number of rotatable bonds is 10. The van der Waals surface area contributed by atoms with Crippen molar-refractivity contribution in [1.82, 2.24) is 15.6 Å². The number of benzene rings is 1. The third-order valence-electron chi connectivity index (χ3n) is 3.46. The maximum Gasteiger partial charge on any atom is 0.191 e. The minimum Gasteiger partial charge on any atom is -0.493 e. The van der Waals surface area contributed by atoms with Gasteiger partial charge in [-0.1, -0.05) is 17.8 Å². The van der Waals surface area contributed by atoms with Crippen LogP contribution in [0, 0.1) is 0 Å². The SMILES string of the molecule is CCNC(=NCc1ccc(OC)c(OC)c1)NCCCSc1nccs1. The molecule has 0 atom stereocenters. The van der Waals surface area contributed by atoms with Crippen molar-refractivity contribution in [1.29, 1.82) is 0 Å². The van der Waals surface area contributed by atoms with Crippen molar-refractivity contribution >= 4 is 29.1 Å². The van der Waals surface area contributed by atoms with E-state index in [0.29, 0.717) is 6.54 Å². The van der Waals surface area contributed by atoms with Gasteiger partial charge in [-0.05, 0) is 31.0 Å². The Morgan fingerprint density at radius 3 is 2.77 bits per heavy atom. The van der Waals surface area contributed by atoms with E-state index in [0.717, 1.165) is 52.6 Å². The summed E-state index contributed by atoms with van der Waals surface area (Å²) in [5.74, 6) is 3.30. The smallest absolute Gasteiger partial charge is 0.191 e. The van der Waals surface area contributed by atoms with Crippen LogP contribution in [0.3, 0.4) is 0 Å². The molecule has 1 aromatic heterocycles. The number of thiazole rings is 1. The standard InChI is InChI=1S/C18H26N4O2S2/c1-4-19-17(20-8-5-10-25-18-21-9-11-26-18)22-13-14-6-7-15(23-2)16(12-14)24-3/h6-7,9,11-12H,4-5,8,10,13H2,1-3H3,(H2,19,20,22). The monoisotopic (exact) mass is 394 g/mol. The van der Waals surface area contributed by atoms with Crippen molar-refractivity contribution in [3.63, 3.8) is 0 Å². The van der Waals surface area contributed by atoms with Crippen molar-refractivity contribution in [2.45, 2.75) is 24.2 Å². The van der Waals surface area contributed by atoms with Gasteiger partial charge in [0.05, 0.1) is 20.8 Å². The van der Waals surface area contributed by atoms with Crippen molar-refractivity contribution in [3.05, 3.63) is 35.3 Å². The second-order valence-electron chi connectivity index (χ2n) is 5.31. The van der Waals surface area contributed by atoms with Crippen LogP contribution in [-0.4, -0.2) is 44.0 Å². The summed E-state index contributed by atoms with van der Waals surface area (Å²) in [7, 11) is 3.27. The van der Waals surface area contributed by atoms with E-state index >= 15 is 0 Å². The van der Waals surface area contributed by atoms with Crippen LogP contribution in [0.15, 0.2) is 39.1 Å². The summed E-state index contributed by atoms with van der Waals surface area (Å²) in [5.41, 5.74) is 1.07. The van der Waals surface area contributed by atoms with Crippen molar-refractivity contribution in [3.8, 4) is 11.5 Å². The number of aliphatic imine (C=N–C) groups is 1. The Morgan fingerprint density at radius 1 is 1.23 bits per heavy atom. The van der Waals surface area contributed by atoms with Gasteiger partial charge in [-0.2, -0.15) is 0 Å². The van der Waals surface area contributed by atoms with E-state index in [9.17, 15) is 0 Å². The first-order valence-corrected chi connectivity index (χ1v) is 10.4. The quantitative estimate of drug-likeness (QED) is 0.279. The van der Waals surface area contributed by atoms with E-state index < -0.39 is 0 Å². The van der Waals surface area contributed by atoms with Gasteiger partial charge in [0.15, 0.2) is 17.5 Å². The minimum absolute atomic E-state index is 0.573. The van der Waals surface area contributed by atoms with E-state index in [1.54, 1.807) is 37.3 Å². The molecule has 2 N–H and O–H groups in total. The van der Waals surface area contributed by atoms with Crippen LogP contribution in [0.25, 0.3) is 0 Å². The molecule has 0 bridgehead atoms. The first-order chi connectivity index (χ1) is 12.8. The second-order valence-corrected chi connectivity index (χ2v) is 7.55. The van der Waals surface area contributed by atoms with E-state index in [1.165, 1.54) is 0 Å². The Hall–Kier alpha value is -1.93. The van der Waals surface area contributed by atoms with Gasteiger partial charge >= 0.3 is 0 Å². The van der Waals surface area contributed by atoms with Crippen LogP contribution >= 0.6 is 23.1 Å². The highest BCUT2D eigenvalue weighted by Gasteiger charge is 2.05. The minimum atomic E-state index is 0.573. The molecule has 0 saturated heterocycles. The summed E-state index contributed by atoms with van der Waals surface area (Å²) in [5, 5.41) is 8.65. The van der Waals surface area contributed by atoms with Gasteiger partial charge in [-0.25, -0.2) is 9.98 Å². The van der Waals surface area contributed by atoms with Gasteiger partial charge in [0, 0.05) is 30.4 Å². The third kappa shape index (κ3) is 6.76. The van der Waals surface area contributed by atoms with E-state index in [-0.39, 0.29) is 0 Å². The van der Waals surface area contributed by atoms with E-state index in [1.807, 2.05) is 29.8 Å². The Morgan fingerprint density at radius 2 is 2.08 bits per heavy atom. The van der Waals surface area contributed by atoms with Gasteiger partial charge in [0.25, 0.3) is 0 Å². The molecule has 1 aromatic carbocycles. The molecule has 8 heteroatoms. The summed E-state index contributed by atoms with van der Waals surface area (Å²) in [4.78, 5) is 8.92. The molecule has 0 aliphatic heterocycles. The number of thioether (sulfide) groups is 1. The molecular formula is C18H26N4O2S2. The molecule has 0 aliphatic rings. The van der Waals surface area contributed by atoms with Gasteiger partial charge < -0.3 is 20.1 Å². The lowest BCUT2D eigenvalue weighted by Crippen LogP contribution is -2.37. The summed E-state index contributed by atoms with van der Waals surface area (Å²) in [6, 6.07) is 5.86. The highest BCUT2D eigenvalue weighted by Crippen LogP contribution is 2.27.